The normalized spacial score (nSPS) is 11.7. The first-order valence-corrected chi connectivity index (χ1v) is 5.28. The molecule has 0 atom stereocenters. The molecule has 1 rings (SSSR count). The minimum absolute atomic E-state index is 0.0133. The van der Waals surface area contributed by atoms with Gasteiger partial charge in [0.1, 0.15) is 5.03 Å². The van der Waals surface area contributed by atoms with Gasteiger partial charge in [-0.15, -0.1) is 23.4 Å². The second kappa shape index (κ2) is 4.89. The molecule has 0 aliphatic carbocycles. The molecule has 0 spiro atoms. The number of halogens is 4. The second-order valence-electron chi connectivity index (χ2n) is 2.39. The molecule has 0 fully saturated rings. The van der Waals surface area contributed by atoms with E-state index < -0.39 is 11.7 Å². The highest BCUT2D eigenvalue weighted by atomic mass is 35.5. The van der Waals surface area contributed by atoms with E-state index in [0.29, 0.717) is 11.6 Å². The summed E-state index contributed by atoms with van der Waals surface area (Å²) in [6.45, 7) is 0. The first-order valence-electron chi connectivity index (χ1n) is 3.76. The number of rotatable bonds is 3. The molecule has 0 unspecified atom stereocenters. The quantitative estimate of drug-likeness (QED) is 0.594. The van der Waals surface area contributed by atoms with E-state index in [2.05, 4.69) is 4.98 Å². The van der Waals surface area contributed by atoms with E-state index in [1.807, 2.05) is 0 Å². The predicted molar refractivity (Wildman–Crippen MR) is 50.7 cm³/mol. The lowest BCUT2D eigenvalue weighted by Gasteiger charge is -2.09. The van der Waals surface area contributed by atoms with Crippen molar-refractivity contribution in [3.8, 4) is 0 Å². The van der Waals surface area contributed by atoms with Gasteiger partial charge in [-0.2, -0.15) is 13.2 Å². The van der Waals surface area contributed by atoms with E-state index in [1.54, 1.807) is 0 Å². The van der Waals surface area contributed by atoms with Crippen LogP contribution in [0.3, 0.4) is 0 Å². The molecule has 1 nitrogen and oxygen atoms in total. The second-order valence-corrected chi connectivity index (χ2v) is 3.85. The number of nitrogens with zero attached hydrogens (tertiary/aromatic N) is 1. The highest BCUT2D eigenvalue weighted by Crippen LogP contribution is 2.35. The van der Waals surface area contributed by atoms with Gasteiger partial charge in [-0.3, -0.25) is 0 Å². The van der Waals surface area contributed by atoms with Gasteiger partial charge in [0, 0.05) is 17.8 Å². The van der Waals surface area contributed by atoms with Crippen LogP contribution in [0.4, 0.5) is 13.2 Å². The summed E-state index contributed by atoms with van der Waals surface area (Å²) in [7, 11) is 0. The minimum Gasteiger partial charge on any atom is -0.249 e. The van der Waals surface area contributed by atoms with Crippen LogP contribution in [0.25, 0.3) is 0 Å². The molecule has 1 aromatic rings. The molecule has 1 aromatic heterocycles. The third kappa shape index (κ3) is 3.06. The Morgan fingerprint density at radius 3 is 2.71 bits per heavy atom. The summed E-state index contributed by atoms with van der Waals surface area (Å²) in [5.74, 6) is 0.722. The van der Waals surface area contributed by atoms with Gasteiger partial charge >= 0.3 is 6.18 Å². The molecule has 1 heterocycles. The number of pyridine rings is 1. The van der Waals surface area contributed by atoms with Crippen molar-refractivity contribution in [2.24, 2.45) is 0 Å². The molecule has 0 bridgehead atoms. The monoisotopic (exact) mass is 241 g/mol. The lowest BCUT2D eigenvalue weighted by atomic mass is 10.3. The Balaban J connectivity index is 2.92. The van der Waals surface area contributed by atoms with Gasteiger partial charge in [-0.25, -0.2) is 4.98 Å². The molecule has 78 valence electrons. The van der Waals surface area contributed by atoms with Gasteiger partial charge in [0.25, 0.3) is 0 Å². The Bertz CT molecular complexity index is 303. The van der Waals surface area contributed by atoms with Gasteiger partial charge in [-0.1, -0.05) is 0 Å². The van der Waals surface area contributed by atoms with Gasteiger partial charge in [0.2, 0.25) is 0 Å². The van der Waals surface area contributed by atoms with Crippen LogP contribution in [0.2, 0.25) is 0 Å². The summed E-state index contributed by atoms with van der Waals surface area (Å²) in [6.07, 6.45) is -3.01. The topological polar surface area (TPSA) is 12.9 Å². The average molecular weight is 242 g/mol. The molecule has 0 saturated carbocycles. The third-order valence-electron chi connectivity index (χ3n) is 1.39. The maximum Gasteiger partial charge on any atom is 0.419 e. The van der Waals surface area contributed by atoms with Gasteiger partial charge < -0.3 is 0 Å². The smallest absolute Gasteiger partial charge is 0.249 e. The van der Waals surface area contributed by atoms with E-state index in [0.717, 1.165) is 17.8 Å². The molecule has 0 aliphatic rings. The van der Waals surface area contributed by atoms with Crippen molar-refractivity contribution in [1.82, 2.24) is 4.98 Å². The largest absolute Gasteiger partial charge is 0.419 e. The Morgan fingerprint density at radius 1 is 1.43 bits per heavy atom. The molecule has 0 amide bonds. The zero-order valence-electron chi connectivity index (χ0n) is 7.01. The van der Waals surface area contributed by atoms with E-state index in [9.17, 15) is 13.2 Å². The van der Waals surface area contributed by atoms with Crippen molar-refractivity contribution in [2.75, 3.05) is 11.6 Å². The highest BCUT2D eigenvalue weighted by molar-refractivity contribution is 7.99. The summed E-state index contributed by atoms with van der Waals surface area (Å²) in [5, 5.41) is -0.0133. The summed E-state index contributed by atoms with van der Waals surface area (Å²) < 4.78 is 37.2. The van der Waals surface area contributed by atoms with E-state index in [4.69, 9.17) is 11.6 Å². The van der Waals surface area contributed by atoms with Gasteiger partial charge in [0.05, 0.1) is 5.56 Å². The molecule has 0 saturated heterocycles. The van der Waals surface area contributed by atoms with Gasteiger partial charge in [-0.05, 0) is 12.1 Å². The van der Waals surface area contributed by atoms with Crippen LogP contribution < -0.4 is 0 Å². The molecule has 0 aliphatic heterocycles. The van der Waals surface area contributed by atoms with Crippen molar-refractivity contribution < 1.29 is 13.2 Å². The molecular weight excluding hydrogens is 235 g/mol. The van der Waals surface area contributed by atoms with Crippen LogP contribution >= 0.6 is 23.4 Å². The lowest BCUT2D eigenvalue weighted by Crippen LogP contribution is -2.07. The lowest BCUT2D eigenvalue weighted by molar-refractivity contribution is -0.140. The summed E-state index contributed by atoms with van der Waals surface area (Å²) in [6, 6.07) is 2.29. The van der Waals surface area contributed by atoms with Crippen LogP contribution in [-0.4, -0.2) is 16.6 Å². The maximum atomic E-state index is 12.4. The number of hydrogen-bond acceptors (Lipinski definition) is 2. The zero-order valence-corrected chi connectivity index (χ0v) is 8.59. The summed E-state index contributed by atoms with van der Waals surface area (Å²) >= 11 is 6.40. The number of thioether (sulfide) groups is 1. The first-order chi connectivity index (χ1) is 6.55. The highest BCUT2D eigenvalue weighted by Gasteiger charge is 2.33. The van der Waals surface area contributed by atoms with Crippen molar-refractivity contribution in [2.45, 2.75) is 11.2 Å². The summed E-state index contributed by atoms with van der Waals surface area (Å²) in [4.78, 5) is 3.67. The Kier molecular flexibility index (Phi) is 4.07. The molecule has 0 N–H and O–H groups in total. The fraction of sp³-hybridized carbons (Fsp3) is 0.375. The van der Waals surface area contributed by atoms with Gasteiger partial charge in [0.15, 0.2) is 0 Å². The SMILES string of the molecule is FC(F)(F)c1cccnc1SCCCl. The van der Waals surface area contributed by atoms with E-state index in [-0.39, 0.29) is 5.03 Å². The molecule has 0 radical (unpaired) electrons. The van der Waals surface area contributed by atoms with Crippen molar-refractivity contribution >= 4 is 23.4 Å². The number of hydrogen-bond donors (Lipinski definition) is 0. The summed E-state index contributed by atoms with van der Waals surface area (Å²) in [5.41, 5.74) is -0.699. The number of alkyl halides is 4. The molecule has 14 heavy (non-hydrogen) atoms. The zero-order chi connectivity index (χ0) is 10.6. The van der Waals surface area contributed by atoms with Crippen LogP contribution in [0.5, 0.6) is 0 Å². The minimum atomic E-state index is -4.34. The van der Waals surface area contributed by atoms with E-state index >= 15 is 0 Å². The first kappa shape index (κ1) is 11.7. The van der Waals surface area contributed by atoms with Crippen LogP contribution in [-0.2, 0) is 6.18 Å². The van der Waals surface area contributed by atoms with Crippen LogP contribution in [0.1, 0.15) is 5.56 Å². The standard InChI is InChI=1S/C8H7ClF3NS/c9-3-5-14-7-6(8(10,11)12)2-1-4-13-7/h1-2,4H,3,5H2. The van der Waals surface area contributed by atoms with Crippen molar-refractivity contribution in [1.29, 1.82) is 0 Å². The Hall–Kier alpha value is -0.420. The molecular formula is C8H7ClF3NS. The predicted octanol–water partition coefficient (Wildman–Crippen LogP) is 3.43. The number of aromatic nitrogens is 1. The van der Waals surface area contributed by atoms with Crippen LogP contribution in [0, 0.1) is 0 Å². The van der Waals surface area contributed by atoms with E-state index in [1.165, 1.54) is 12.3 Å². The molecule has 6 heteroatoms. The Labute approximate surface area is 88.7 Å². The third-order valence-corrected chi connectivity index (χ3v) is 2.81. The molecule has 0 aromatic carbocycles. The van der Waals surface area contributed by atoms with Crippen LogP contribution in [0.15, 0.2) is 23.4 Å². The van der Waals surface area contributed by atoms with Crippen molar-refractivity contribution in [3.05, 3.63) is 23.9 Å². The fourth-order valence-corrected chi connectivity index (χ4v) is 1.83. The average Bonchev–Trinajstić information content (AvgIpc) is 2.14. The Morgan fingerprint density at radius 2 is 2.14 bits per heavy atom. The maximum absolute atomic E-state index is 12.4. The van der Waals surface area contributed by atoms with Crippen molar-refractivity contribution in [3.63, 3.8) is 0 Å². The fourth-order valence-electron chi connectivity index (χ4n) is 0.857.